The first-order valence-electron chi connectivity index (χ1n) is 9.27. The van der Waals surface area contributed by atoms with E-state index in [1.807, 2.05) is 54.4 Å². The maximum Gasteiger partial charge on any atom is 0.254 e. The van der Waals surface area contributed by atoms with Crippen LogP contribution in [0.4, 0.5) is 0 Å². The van der Waals surface area contributed by atoms with Gasteiger partial charge >= 0.3 is 0 Å². The first-order chi connectivity index (χ1) is 13.0. The maximum absolute atomic E-state index is 13.4. The van der Waals surface area contributed by atoms with Crippen molar-refractivity contribution in [2.75, 3.05) is 27.2 Å². The normalized spacial score (nSPS) is 20.0. The van der Waals surface area contributed by atoms with Crippen LogP contribution in [-0.4, -0.2) is 49.0 Å². The van der Waals surface area contributed by atoms with Crippen LogP contribution in [0.5, 0.6) is 0 Å². The van der Waals surface area contributed by atoms with E-state index in [1.165, 1.54) is 11.3 Å². The van der Waals surface area contributed by atoms with Crippen molar-refractivity contribution in [3.05, 3.63) is 52.4 Å². The SMILES string of the molecule is CN(C(=O)c1cc(-c2ccc(Cl)s2)nc2ccccc12)C1CC[NH+](C)CC1. The highest BCUT2D eigenvalue weighted by Crippen LogP contribution is 2.32. The molecule has 0 atom stereocenters. The molecule has 0 unspecified atom stereocenters. The average Bonchev–Trinajstić information content (AvgIpc) is 3.13. The Morgan fingerprint density at radius 1 is 1.22 bits per heavy atom. The number of likely N-dealkylation sites (tertiary alicyclic amines) is 1. The zero-order chi connectivity index (χ0) is 19.0. The highest BCUT2D eigenvalue weighted by Gasteiger charge is 2.27. The molecule has 3 heterocycles. The predicted octanol–water partition coefficient (Wildman–Crippen LogP) is 3.37. The van der Waals surface area contributed by atoms with Gasteiger partial charge in [-0.2, -0.15) is 0 Å². The smallest absolute Gasteiger partial charge is 0.254 e. The molecule has 140 valence electrons. The Morgan fingerprint density at radius 3 is 2.67 bits per heavy atom. The fraction of sp³-hybridized carbons (Fsp3) is 0.333. The second-order valence-corrected chi connectivity index (χ2v) is 9.00. The lowest BCUT2D eigenvalue weighted by atomic mass is 10.0. The van der Waals surface area contributed by atoms with Crippen molar-refractivity contribution in [3.8, 4) is 10.6 Å². The van der Waals surface area contributed by atoms with Crippen LogP contribution in [0, 0.1) is 0 Å². The van der Waals surface area contributed by atoms with Gasteiger partial charge in [-0.25, -0.2) is 4.98 Å². The fourth-order valence-electron chi connectivity index (χ4n) is 3.77. The quantitative estimate of drug-likeness (QED) is 0.732. The van der Waals surface area contributed by atoms with E-state index in [0.29, 0.717) is 11.6 Å². The van der Waals surface area contributed by atoms with Crippen molar-refractivity contribution in [3.63, 3.8) is 0 Å². The van der Waals surface area contributed by atoms with Gasteiger partial charge in [-0.05, 0) is 24.3 Å². The van der Waals surface area contributed by atoms with Crippen LogP contribution in [-0.2, 0) is 0 Å². The van der Waals surface area contributed by atoms with E-state index < -0.39 is 0 Å². The molecule has 1 aliphatic heterocycles. The number of amides is 1. The molecule has 4 nitrogen and oxygen atoms in total. The van der Waals surface area contributed by atoms with Crippen LogP contribution < -0.4 is 4.90 Å². The summed E-state index contributed by atoms with van der Waals surface area (Å²) in [6, 6.07) is 13.9. The van der Waals surface area contributed by atoms with Gasteiger partial charge in [-0.3, -0.25) is 4.79 Å². The van der Waals surface area contributed by atoms with Gasteiger partial charge in [0.05, 0.1) is 46.1 Å². The summed E-state index contributed by atoms with van der Waals surface area (Å²) >= 11 is 7.59. The van der Waals surface area contributed by atoms with Crippen LogP contribution in [0.3, 0.4) is 0 Å². The summed E-state index contributed by atoms with van der Waals surface area (Å²) in [6.07, 6.45) is 2.09. The molecule has 27 heavy (non-hydrogen) atoms. The molecule has 0 radical (unpaired) electrons. The first kappa shape index (κ1) is 18.4. The van der Waals surface area contributed by atoms with Crippen molar-refractivity contribution in [2.24, 2.45) is 0 Å². The molecular weight excluding hydrogens is 378 g/mol. The molecule has 2 aromatic heterocycles. The van der Waals surface area contributed by atoms with Crippen LogP contribution in [0.1, 0.15) is 23.2 Å². The zero-order valence-electron chi connectivity index (χ0n) is 15.5. The third kappa shape index (κ3) is 3.72. The number of carbonyl (C=O) groups excluding carboxylic acids is 1. The summed E-state index contributed by atoms with van der Waals surface area (Å²) in [4.78, 5) is 22.6. The van der Waals surface area contributed by atoms with E-state index in [9.17, 15) is 4.79 Å². The zero-order valence-corrected chi connectivity index (χ0v) is 17.1. The number of hydrogen-bond donors (Lipinski definition) is 1. The molecule has 1 amide bonds. The number of hydrogen-bond acceptors (Lipinski definition) is 3. The van der Waals surface area contributed by atoms with Crippen molar-refractivity contribution in [1.82, 2.24) is 9.88 Å². The van der Waals surface area contributed by atoms with Gasteiger partial charge in [0.1, 0.15) is 0 Å². The lowest BCUT2D eigenvalue weighted by Gasteiger charge is -2.33. The topological polar surface area (TPSA) is 37.6 Å². The molecule has 1 N–H and O–H groups in total. The molecule has 0 bridgehead atoms. The summed E-state index contributed by atoms with van der Waals surface area (Å²) in [7, 11) is 4.15. The van der Waals surface area contributed by atoms with Gasteiger partial charge in [0.25, 0.3) is 5.91 Å². The van der Waals surface area contributed by atoms with Gasteiger partial charge in [-0.15, -0.1) is 11.3 Å². The van der Waals surface area contributed by atoms with Crippen LogP contribution in [0.2, 0.25) is 4.34 Å². The van der Waals surface area contributed by atoms with Crippen molar-refractivity contribution in [1.29, 1.82) is 0 Å². The molecule has 1 aromatic carbocycles. The number of nitrogens with zero attached hydrogens (tertiary/aromatic N) is 2. The van der Waals surface area contributed by atoms with E-state index in [-0.39, 0.29) is 5.91 Å². The van der Waals surface area contributed by atoms with Crippen molar-refractivity contribution in [2.45, 2.75) is 18.9 Å². The summed E-state index contributed by atoms with van der Waals surface area (Å²) in [6.45, 7) is 2.22. The summed E-state index contributed by atoms with van der Waals surface area (Å²) < 4.78 is 0.721. The van der Waals surface area contributed by atoms with Gasteiger partial charge in [-0.1, -0.05) is 29.8 Å². The Balaban J connectivity index is 1.74. The monoisotopic (exact) mass is 400 g/mol. The summed E-state index contributed by atoms with van der Waals surface area (Å²) in [5, 5.41) is 0.902. The highest BCUT2D eigenvalue weighted by molar-refractivity contribution is 7.19. The van der Waals surface area contributed by atoms with Crippen molar-refractivity contribution < 1.29 is 9.69 Å². The Bertz CT molecular complexity index is 978. The number of nitrogens with one attached hydrogen (secondary N) is 1. The number of thiophene rings is 1. The van der Waals surface area contributed by atoms with E-state index in [1.54, 1.807) is 4.90 Å². The number of quaternary nitrogens is 1. The highest BCUT2D eigenvalue weighted by atomic mass is 35.5. The molecule has 1 saturated heterocycles. The minimum Gasteiger partial charge on any atom is -0.338 e. The predicted molar refractivity (Wildman–Crippen MR) is 112 cm³/mol. The molecule has 0 spiro atoms. The molecule has 0 aliphatic carbocycles. The number of rotatable bonds is 3. The molecule has 0 saturated carbocycles. The third-order valence-corrected chi connectivity index (χ3v) is 6.70. The molecular formula is C21H23ClN3OS+. The van der Waals surface area contributed by atoms with Crippen LogP contribution in [0.25, 0.3) is 21.5 Å². The lowest BCUT2D eigenvalue weighted by Crippen LogP contribution is -3.10. The van der Waals surface area contributed by atoms with Crippen molar-refractivity contribution >= 4 is 39.7 Å². The van der Waals surface area contributed by atoms with Gasteiger partial charge in [0.2, 0.25) is 0 Å². The standard InChI is InChI=1S/C21H22ClN3OS/c1-24-11-9-14(10-12-24)25(2)21(26)16-13-18(19-7-8-20(22)27-19)23-17-6-4-3-5-15(16)17/h3-8,13-14H,9-12H2,1-2H3/p+1. The number of piperidine rings is 1. The third-order valence-electron chi connectivity index (χ3n) is 5.45. The summed E-state index contributed by atoms with van der Waals surface area (Å²) in [5.74, 6) is 0.0713. The first-order valence-corrected chi connectivity index (χ1v) is 10.5. The minimum absolute atomic E-state index is 0.0713. The Morgan fingerprint density at radius 2 is 1.96 bits per heavy atom. The van der Waals surface area contributed by atoms with Gasteiger partial charge < -0.3 is 9.80 Å². The molecule has 6 heteroatoms. The molecule has 1 aliphatic rings. The second-order valence-electron chi connectivity index (χ2n) is 7.28. The summed E-state index contributed by atoms with van der Waals surface area (Å²) in [5.41, 5.74) is 2.35. The maximum atomic E-state index is 13.4. The number of fused-ring (bicyclic) bond motifs is 1. The lowest BCUT2D eigenvalue weighted by molar-refractivity contribution is -0.885. The number of halogens is 1. The average molecular weight is 401 g/mol. The van der Waals surface area contributed by atoms with E-state index in [2.05, 4.69) is 7.05 Å². The minimum atomic E-state index is 0.0713. The van der Waals surface area contributed by atoms with Crippen LogP contribution >= 0.6 is 22.9 Å². The number of carbonyl (C=O) groups is 1. The molecule has 3 aromatic rings. The van der Waals surface area contributed by atoms with E-state index >= 15 is 0 Å². The van der Waals surface area contributed by atoms with E-state index in [4.69, 9.17) is 16.6 Å². The Hall–Kier alpha value is -1.95. The number of aromatic nitrogens is 1. The van der Waals surface area contributed by atoms with Gasteiger partial charge in [0.15, 0.2) is 0 Å². The number of para-hydroxylation sites is 1. The van der Waals surface area contributed by atoms with E-state index in [0.717, 1.165) is 51.7 Å². The number of benzene rings is 1. The van der Waals surface area contributed by atoms with Crippen LogP contribution in [0.15, 0.2) is 42.5 Å². The fourth-order valence-corrected chi connectivity index (χ4v) is 4.77. The molecule has 1 fully saturated rings. The Kier molecular flexibility index (Phi) is 5.17. The second kappa shape index (κ2) is 7.58. The number of pyridine rings is 1. The largest absolute Gasteiger partial charge is 0.338 e. The van der Waals surface area contributed by atoms with Gasteiger partial charge in [0, 0.05) is 31.3 Å². The Labute approximate surface area is 168 Å². The molecule has 4 rings (SSSR count).